The maximum atomic E-state index is 13.5. The number of carbonyl (C=O) groups is 3. The lowest BCUT2D eigenvalue weighted by Gasteiger charge is -2.29. The minimum atomic E-state index is -1.09. The van der Waals surface area contributed by atoms with Crippen LogP contribution in [-0.2, 0) is 22.5 Å². The van der Waals surface area contributed by atoms with Crippen molar-refractivity contribution in [1.29, 1.82) is 0 Å². The number of nitrogens with one attached hydrogen (secondary N) is 1. The molecule has 0 aliphatic carbocycles. The summed E-state index contributed by atoms with van der Waals surface area (Å²) in [5, 5.41) is 12.5. The first-order chi connectivity index (χ1) is 16.4. The van der Waals surface area contributed by atoms with Gasteiger partial charge in [-0.15, -0.1) is 0 Å². The Morgan fingerprint density at radius 2 is 1.94 bits per heavy atom. The number of anilines is 1. The molecule has 1 aliphatic heterocycles. The molecule has 176 valence electrons. The molecule has 0 fully saturated rings. The van der Waals surface area contributed by atoms with Crippen LogP contribution in [0.15, 0.2) is 48.5 Å². The molecule has 8 heteroatoms. The second-order valence-corrected chi connectivity index (χ2v) is 8.23. The molecule has 1 unspecified atom stereocenters. The number of carboxylic acids is 1. The number of esters is 1. The summed E-state index contributed by atoms with van der Waals surface area (Å²) in [7, 11) is 0. The van der Waals surface area contributed by atoms with Crippen LogP contribution < -0.4 is 5.32 Å². The van der Waals surface area contributed by atoms with Gasteiger partial charge in [-0.3, -0.25) is 14.7 Å². The van der Waals surface area contributed by atoms with Crippen molar-refractivity contribution >= 4 is 34.4 Å². The zero-order valence-corrected chi connectivity index (χ0v) is 19.2. The summed E-state index contributed by atoms with van der Waals surface area (Å²) in [5.41, 5.74) is 3.29. The number of amides is 1. The predicted molar refractivity (Wildman–Crippen MR) is 128 cm³/mol. The van der Waals surface area contributed by atoms with Gasteiger partial charge in [0.05, 0.1) is 16.6 Å². The van der Waals surface area contributed by atoms with Crippen LogP contribution in [0.3, 0.4) is 0 Å². The minimum absolute atomic E-state index is 0.0539. The van der Waals surface area contributed by atoms with E-state index in [0.717, 1.165) is 36.3 Å². The molecule has 2 N–H and O–H groups in total. The third kappa shape index (κ3) is 4.77. The second kappa shape index (κ2) is 10.0. The van der Waals surface area contributed by atoms with Crippen molar-refractivity contribution < 1.29 is 24.2 Å². The molecule has 1 aromatic heterocycles. The number of nitrogens with zero attached hydrogens (tertiary/aromatic N) is 2. The van der Waals surface area contributed by atoms with E-state index >= 15 is 0 Å². The van der Waals surface area contributed by atoms with Gasteiger partial charge in [0.1, 0.15) is 0 Å². The number of carbonyl (C=O) groups excluding carboxylic acids is 2. The van der Waals surface area contributed by atoms with E-state index in [-0.39, 0.29) is 12.0 Å². The van der Waals surface area contributed by atoms with Crippen molar-refractivity contribution in [1.82, 2.24) is 9.88 Å². The Kier molecular flexibility index (Phi) is 6.88. The van der Waals surface area contributed by atoms with E-state index in [4.69, 9.17) is 9.72 Å². The summed E-state index contributed by atoms with van der Waals surface area (Å²) in [6, 6.07) is 13.4. The molecule has 3 aromatic rings. The fourth-order valence-corrected chi connectivity index (χ4v) is 4.21. The van der Waals surface area contributed by atoms with Crippen molar-refractivity contribution in [2.24, 2.45) is 0 Å². The van der Waals surface area contributed by atoms with E-state index < -0.39 is 23.9 Å². The third-order valence-electron chi connectivity index (χ3n) is 6.07. The number of rotatable bonds is 7. The fraction of sp³-hybridized carbons (Fsp3) is 0.308. The molecule has 8 nitrogen and oxygen atoms in total. The van der Waals surface area contributed by atoms with Gasteiger partial charge in [0.25, 0.3) is 5.91 Å². The number of hydrogen-bond donors (Lipinski definition) is 2. The summed E-state index contributed by atoms with van der Waals surface area (Å²) in [6.45, 7) is 6.16. The van der Waals surface area contributed by atoms with Gasteiger partial charge < -0.3 is 15.2 Å². The quantitative estimate of drug-likeness (QED) is 0.514. The molecule has 4 rings (SSSR count). The summed E-state index contributed by atoms with van der Waals surface area (Å²) in [4.78, 5) is 44.6. The lowest BCUT2D eigenvalue weighted by atomic mass is 9.95. The SMILES string of the molecule is CCC(OC(=O)c1c2c(nc3ccccc13)CCN(CC)C2)C(=O)Nc1cccc(C(=O)O)c1. The van der Waals surface area contributed by atoms with Crippen molar-refractivity contribution in [3.05, 3.63) is 70.9 Å². The first kappa shape index (κ1) is 23.4. The van der Waals surface area contributed by atoms with Crippen molar-refractivity contribution in [2.45, 2.75) is 39.3 Å². The fourth-order valence-electron chi connectivity index (χ4n) is 4.21. The maximum absolute atomic E-state index is 13.5. The molecular formula is C26H27N3O5. The number of likely N-dealkylation sites (N-methyl/N-ethyl adjacent to an activating group) is 1. The van der Waals surface area contributed by atoms with Crippen molar-refractivity contribution in [3.63, 3.8) is 0 Å². The Morgan fingerprint density at radius 1 is 1.15 bits per heavy atom. The maximum Gasteiger partial charge on any atom is 0.340 e. The zero-order valence-electron chi connectivity index (χ0n) is 19.2. The number of hydrogen-bond acceptors (Lipinski definition) is 6. The number of fused-ring (bicyclic) bond motifs is 2. The highest BCUT2D eigenvalue weighted by molar-refractivity contribution is 6.06. The smallest absolute Gasteiger partial charge is 0.340 e. The number of para-hydroxylation sites is 1. The second-order valence-electron chi connectivity index (χ2n) is 8.23. The molecule has 1 amide bonds. The van der Waals surface area contributed by atoms with E-state index in [0.29, 0.717) is 23.2 Å². The Bertz CT molecular complexity index is 1260. The van der Waals surface area contributed by atoms with Crippen molar-refractivity contribution in [3.8, 4) is 0 Å². The highest BCUT2D eigenvalue weighted by Gasteiger charge is 2.29. The standard InChI is InChI=1S/C26H27N3O5/c1-3-22(24(30)27-17-9-7-8-16(14-17)25(31)32)34-26(33)23-18-10-5-6-11-20(18)28-21-12-13-29(4-2)15-19(21)23/h5-11,14,22H,3-4,12-13,15H2,1-2H3,(H,27,30)(H,31,32). The molecule has 2 aromatic carbocycles. The van der Waals surface area contributed by atoms with Crippen LogP contribution in [0.2, 0.25) is 0 Å². The van der Waals surface area contributed by atoms with Crippen LogP contribution in [0.5, 0.6) is 0 Å². The first-order valence-corrected chi connectivity index (χ1v) is 11.4. The highest BCUT2D eigenvalue weighted by atomic mass is 16.5. The number of pyridine rings is 1. The van der Waals surface area contributed by atoms with Crippen LogP contribution in [0.25, 0.3) is 10.9 Å². The van der Waals surface area contributed by atoms with E-state index in [2.05, 4.69) is 17.1 Å². The molecule has 0 saturated carbocycles. The topological polar surface area (TPSA) is 109 Å². The van der Waals surface area contributed by atoms with Gasteiger partial charge >= 0.3 is 11.9 Å². The zero-order chi connectivity index (χ0) is 24.2. The molecule has 0 bridgehead atoms. The Balaban J connectivity index is 1.62. The lowest BCUT2D eigenvalue weighted by Crippen LogP contribution is -2.35. The van der Waals surface area contributed by atoms with Gasteiger partial charge in [0.15, 0.2) is 6.10 Å². The Hall–Kier alpha value is -3.78. The average molecular weight is 462 g/mol. The molecule has 34 heavy (non-hydrogen) atoms. The van der Waals surface area contributed by atoms with Crippen LogP contribution in [0, 0.1) is 0 Å². The number of benzene rings is 2. The molecule has 1 aliphatic rings. The molecule has 0 radical (unpaired) electrons. The van der Waals surface area contributed by atoms with Gasteiger partial charge in [-0.1, -0.05) is 38.1 Å². The van der Waals surface area contributed by atoms with Gasteiger partial charge in [-0.25, -0.2) is 9.59 Å². The highest BCUT2D eigenvalue weighted by Crippen LogP contribution is 2.29. The number of ether oxygens (including phenoxy) is 1. The number of aromatic nitrogens is 1. The van der Waals surface area contributed by atoms with Crippen LogP contribution in [-0.4, -0.2) is 52.0 Å². The van der Waals surface area contributed by atoms with Crippen LogP contribution in [0.1, 0.15) is 52.2 Å². The molecule has 0 spiro atoms. The number of aromatic carboxylic acids is 1. The lowest BCUT2D eigenvalue weighted by molar-refractivity contribution is -0.124. The monoisotopic (exact) mass is 461 g/mol. The average Bonchev–Trinajstić information content (AvgIpc) is 2.85. The third-order valence-corrected chi connectivity index (χ3v) is 6.07. The van der Waals surface area contributed by atoms with Gasteiger partial charge in [-0.05, 0) is 37.2 Å². The predicted octanol–water partition coefficient (Wildman–Crippen LogP) is 3.89. The van der Waals surface area contributed by atoms with Gasteiger partial charge in [0.2, 0.25) is 0 Å². The normalized spacial score (nSPS) is 14.3. The van der Waals surface area contributed by atoms with Crippen LogP contribution >= 0.6 is 0 Å². The molecular weight excluding hydrogens is 434 g/mol. The van der Waals surface area contributed by atoms with Gasteiger partial charge in [0, 0.05) is 41.8 Å². The number of carboxylic acid groups (broad SMARTS) is 1. The van der Waals surface area contributed by atoms with E-state index in [1.807, 2.05) is 24.3 Å². The largest absolute Gasteiger partial charge is 0.478 e. The van der Waals surface area contributed by atoms with E-state index in [1.165, 1.54) is 12.1 Å². The molecule has 1 atom stereocenters. The van der Waals surface area contributed by atoms with Crippen LogP contribution in [0.4, 0.5) is 5.69 Å². The summed E-state index contributed by atoms with van der Waals surface area (Å²) >= 11 is 0. The molecule has 2 heterocycles. The minimum Gasteiger partial charge on any atom is -0.478 e. The molecule has 0 saturated heterocycles. The Labute approximate surface area is 197 Å². The summed E-state index contributed by atoms with van der Waals surface area (Å²) < 4.78 is 5.73. The van der Waals surface area contributed by atoms with Crippen molar-refractivity contribution in [2.75, 3.05) is 18.4 Å². The summed E-state index contributed by atoms with van der Waals surface area (Å²) in [5.74, 6) is -2.17. The van der Waals surface area contributed by atoms with E-state index in [9.17, 15) is 19.5 Å². The Morgan fingerprint density at radius 3 is 2.68 bits per heavy atom. The van der Waals surface area contributed by atoms with E-state index in [1.54, 1.807) is 19.1 Å². The summed E-state index contributed by atoms with van der Waals surface area (Å²) in [6.07, 6.45) is -0.0246. The first-order valence-electron chi connectivity index (χ1n) is 11.4. The van der Waals surface area contributed by atoms with Gasteiger partial charge in [-0.2, -0.15) is 0 Å².